The summed E-state index contributed by atoms with van der Waals surface area (Å²) in [6, 6.07) is 20.6. The van der Waals surface area contributed by atoms with Gasteiger partial charge >= 0.3 is 0 Å². The number of hydrogen-bond donors (Lipinski definition) is 1. The molecule has 1 aliphatic rings. The van der Waals surface area contributed by atoms with Gasteiger partial charge in [-0.1, -0.05) is 48.0 Å². The van der Waals surface area contributed by atoms with E-state index >= 15 is 0 Å². The van der Waals surface area contributed by atoms with Crippen LogP contribution in [0.1, 0.15) is 0 Å². The van der Waals surface area contributed by atoms with Crippen molar-refractivity contribution in [3.63, 3.8) is 0 Å². The van der Waals surface area contributed by atoms with Crippen LogP contribution in [0.2, 0.25) is 0 Å². The van der Waals surface area contributed by atoms with Crippen LogP contribution >= 0.6 is 34.2 Å². The fraction of sp³-hybridized carbons (Fsp3) is 0. The molecule has 0 atom stereocenters. The van der Waals surface area contributed by atoms with Gasteiger partial charge in [-0.2, -0.15) is 0 Å². The second-order valence-electron chi connectivity index (χ2n) is 5.76. The number of nitrogens with zero attached hydrogens (tertiary/aromatic N) is 1. The lowest BCUT2D eigenvalue weighted by Gasteiger charge is -2.17. The number of imide groups is 1. The molecule has 0 saturated carbocycles. The monoisotopic (exact) mass is 474 g/mol. The quantitative estimate of drug-likeness (QED) is 0.435. The molecule has 128 valence electrons. The Bertz CT molecular complexity index is 1070. The molecule has 2 amide bonds. The molecule has 1 N–H and O–H groups in total. The van der Waals surface area contributed by atoms with Crippen molar-refractivity contribution in [1.82, 2.24) is 0 Å². The average molecular weight is 475 g/mol. The lowest BCUT2D eigenvalue weighted by molar-refractivity contribution is -0.120. The predicted molar refractivity (Wildman–Crippen MR) is 112 cm³/mol. The van der Waals surface area contributed by atoms with E-state index in [9.17, 15) is 9.59 Å². The largest absolute Gasteiger partial charge is 0.350 e. The van der Waals surface area contributed by atoms with E-state index in [-0.39, 0.29) is 10.7 Å². The van der Waals surface area contributed by atoms with E-state index in [4.69, 9.17) is 11.6 Å². The molecule has 4 rings (SSSR count). The first kappa shape index (κ1) is 17.1. The SMILES string of the molecule is O=C1C(Cl)=C(Nc2ccc(I)cc2)C(=O)N1c1cccc2ccccc12. The summed E-state index contributed by atoms with van der Waals surface area (Å²) in [4.78, 5) is 26.8. The van der Waals surface area contributed by atoms with Gasteiger partial charge in [0.2, 0.25) is 0 Å². The number of anilines is 2. The van der Waals surface area contributed by atoms with Crippen molar-refractivity contribution in [2.45, 2.75) is 0 Å². The maximum Gasteiger partial charge on any atom is 0.283 e. The van der Waals surface area contributed by atoms with E-state index in [1.165, 1.54) is 0 Å². The van der Waals surface area contributed by atoms with Gasteiger partial charge in [-0.05, 0) is 58.3 Å². The molecule has 0 radical (unpaired) electrons. The van der Waals surface area contributed by atoms with Gasteiger partial charge in [0.15, 0.2) is 0 Å². The zero-order valence-corrected chi connectivity index (χ0v) is 16.3. The van der Waals surface area contributed by atoms with E-state index in [1.807, 2.05) is 60.7 Å². The average Bonchev–Trinajstić information content (AvgIpc) is 2.86. The maximum atomic E-state index is 12.9. The third-order valence-electron chi connectivity index (χ3n) is 4.15. The molecule has 0 saturated heterocycles. The molecule has 1 heterocycles. The van der Waals surface area contributed by atoms with E-state index < -0.39 is 11.8 Å². The maximum absolute atomic E-state index is 12.9. The van der Waals surface area contributed by atoms with Gasteiger partial charge in [0.05, 0.1) is 5.69 Å². The molecule has 0 spiro atoms. The Kier molecular flexibility index (Phi) is 4.42. The van der Waals surface area contributed by atoms with Crippen LogP contribution in [-0.2, 0) is 9.59 Å². The number of amides is 2. The Hall–Kier alpha value is -2.38. The number of carbonyl (C=O) groups is 2. The summed E-state index contributed by atoms with van der Waals surface area (Å²) in [5, 5.41) is 4.63. The minimum Gasteiger partial charge on any atom is -0.350 e. The third kappa shape index (κ3) is 2.87. The van der Waals surface area contributed by atoms with Crippen LogP contribution < -0.4 is 10.2 Å². The number of nitrogens with one attached hydrogen (secondary N) is 1. The van der Waals surface area contributed by atoms with Crippen molar-refractivity contribution in [1.29, 1.82) is 0 Å². The minimum atomic E-state index is -0.527. The molecule has 6 heteroatoms. The zero-order chi connectivity index (χ0) is 18.3. The summed E-state index contributed by atoms with van der Waals surface area (Å²) in [6.45, 7) is 0. The molecule has 0 bridgehead atoms. The van der Waals surface area contributed by atoms with Gasteiger partial charge in [-0.25, -0.2) is 4.90 Å². The molecule has 0 aromatic heterocycles. The number of benzene rings is 3. The van der Waals surface area contributed by atoms with Crippen LogP contribution in [0.5, 0.6) is 0 Å². The van der Waals surface area contributed by atoms with Crippen molar-refractivity contribution in [3.05, 3.63) is 81.0 Å². The highest BCUT2D eigenvalue weighted by molar-refractivity contribution is 14.1. The molecule has 0 unspecified atom stereocenters. The molecule has 0 fully saturated rings. The van der Waals surface area contributed by atoms with Crippen molar-refractivity contribution in [3.8, 4) is 0 Å². The molecular formula is C20H12ClIN2O2. The van der Waals surface area contributed by atoms with Gasteiger partial charge < -0.3 is 5.32 Å². The summed E-state index contributed by atoms with van der Waals surface area (Å²) in [5.74, 6) is -0.990. The molecule has 3 aromatic carbocycles. The van der Waals surface area contributed by atoms with E-state index in [2.05, 4.69) is 27.9 Å². The number of halogens is 2. The Morgan fingerprint density at radius 1 is 0.846 bits per heavy atom. The molecular weight excluding hydrogens is 463 g/mol. The second kappa shape index (κ2) is 6.74. The molecule has 1 aliphatic heterocycles. The highest BCUT2D eigenvalue weighted by Gasteiger charge is 2.39. The van der Waals surface area contributed by atoms with Gasteiger partial charge in [-0.15, -0.1) is 0 Å². The van der Waals surface area contributed by atoms with Gasteiger partial charge in [0, 0.05) is 14.6 Å². The summed E-state index contributed by atoms with van der Waals surface area (Å²) in [5.41, 5.74) is 1.31. The lowest BCUT2D eigenvalue weighted by atomic mass is 10.1. The fourth-order valence-electron chi connectivity index (χ4n) is 2.91. The van der Waals surface area contributed by atoms with Crippen molar-refractivity contribution in [2.75, 3.05) is 10.2 Å². The summed E-state index contributed by atoms with van der Waals surface area (Å²) in [6.07, 6.45) is 0. The van der Waals surface area contributed by atoms with Gasteiger partial charge in [0.25, 0.3) is 11.8 Å². The van der Waals surface area contributed by atoms with Crippen molar-refractivity contribution < 1.29 is 9.59 Å². The standard InChI is InChI=1S/C20H12ClIN2O2/c21-17-18(23-14-10-8-13(22)9-11-14)20(26)24(19(17)25)16-7-3-5-12-4-1-2-6-15(12)16/h1-11,23H. The summed E-state index contributed by atoms with van der Waals surface area (Å²) < 4.78 is 1.07. The highest BCUT2D eigenvalue weighted by Crippen LogP contribution is 2.34. The van der Waals surface area contributed by atoms with Crippen LogP contribution in [0.4, 0.5) is 11.4 Å². The topological polar surface area (TPSA) is 49.4 Å². The first-order valence-electron chi connectivity index (χ1n) is 7.85. The first-order chi connectivity index (χ1) is 12.6. The van der Waals surface area contributed by atoms with Crippen LogP contribution in [0, 0.1) is 3.57 Å². The molecule has 3 aromatic rings. The van der Waals surface area contributed by atoms with Gasteiger partial charge in [-0.3, -0.25) is 9.59 Å². The fourth-order valence-corrected chi connectivity index (χ4v) is 3.48. The first-order valence-corrected chi connectivity index (χ1v) is 9.31. The Morgan fingerprint density at radius 3 is 2.31 bits per heavy atom. The second-order valence-corrected chi connectivity index (χ2v) is 7.39. The molecule has 4 nitrogen and oxygen atoms in total. The Balaban J connectivity index is 1.73. The summed E-state index contributed by atoms with van der Waals surface area (Å²) in [7, 11) is 0. The van der Waals surface area contributed by atoms with E-state index in [0.29, 0.717) is 11.4 Å². The molecule has 0 aliphatic carbocycles. The van der Waals surface area contributed by atoms with E-state index in [0.717, 1.165) is 19.2 Å². The Morgan fingerprint density at radius 2 is 1.54 bits per heavy atom. The Labute approximate surface area is 168 Å². The lowest BCUT2D eigenvalue weighted by Crippen LogP contribution is -2.32. The zero-order valence-electron chi connectivity index (χ0n) is 13.4. The predicted octanol–water partition coefficient (Wildman–Crippen LogP) is 4.88. The van der Waals surface area contributed by atoms with Crippen molar-refractivity contribution in [2.24, 2.45) is 0 Å². The minimum absolute atomic E-state index is 0.0887. The highest BCUT2D eigenvalue weighted by atomic mass is 127. The summed E-state index contributed by atoms with van der Waals surface area (Å²) >= 11 is 8.40. The van der Waals surface area contributed by atoms with Gasteiger partial charge in [0.1, 0.15) is 10.7 Å². The van der Waals surface area contributed by atoms with Crippen LogP contribution in [0.15, 0.2) is 77.5 Å². The normalized spacial score (nSPS) is 14.5. The third-order valence-corrected chi connectivity index (χ3v) is 5.22. The number of carbonyl (C=O) groups excluding carboxylic acids is 2. The van der Waals surface area contributed by atoms with Crippen molar-refractivity contribution >= 4 is 68.2 Å². The van der Waals surface area contributed by atoms with Crippen LogP contribution in [0.3, 0.4) is 0 Å². The van der Waals surface area contributed by atoms with E-state index in [1.54, 1.807) is 6.07 Å². The number of fused-ring (bicyclic) bond motifs is 1. The number of rotatable bonds is 3. The smallest absolute Gasteiger partial charge is 0.283 e. The van der Waals surface area contributed by atoms with Crippen LogP contribution in [-0.4, -0.2) is 11.8 Å². The number of hydrogen-bond acceptors (Lipinski definition) is 3. The van der Waals surface area contributed by atoms with Crippen LogP contribution in [0.25, 0.3) is 10.8 Å². The molecule has 26 heavy (non-hydrogen) atoms.